The Balaban J connectivity index is 2.24. The van der Waals surface area contributed by atoms with Gasteiger partial charge >= 0.3 is 5.97 Å². The van der Waals surface area contributed by atoms with Gasteiger partial charge in [-0.2, -0.15) is 0 Å². The highest BCUT2D eigenvalue weighted by Gasteiger charge is 2.29. The molecule has 7 nitrogen and oxygen atoms in total. The van der Waals surface area contributed by atoms with Gasteiger partial charge in [0.05, 0.1) is 24.1 Å². The molecule has 0 saturated carbocycles. The Morgan fingerprint density at radius 2 is 1.62 bits per heavy atom. The molecular formula is C21H26N2O5S. The molecule has 8 heteroatoms. The van der Waals surface area contributed by atoms with Crippen LogP contribution in [0.25, 0.3) is 0 Å². The van der Waals surface area contributed by atoms with E-state index in [0.717, 1.165) is 21.7 Å². The molecule has 1 N–H and O–H groups in total. The van der Waals surface area contributed by atoms with Crippen LogP contribution in [0.15, 0.2) is 42.5 Å². The predicted octanol–water partition coefficient (Wildman–Crippen LogP) is 3.27. The highest BCUT2D eigenvalue weighted by Crippen LogP contribution is 2.24. The summed E-state index contributed by atoms with van der Waals surface area (Å²) in [6.07, 6.45) is 1.07. The molecule has 0 aliphatic rings. The van der Waals surface area contributed by atoms with Crippen LogP contribution in [0.5, 0.6) is 0 Å². The molecule has 156 valence electrons. The van der Waals surface area contributed by atoms with Gasteiger partial charge in [-0.3, -0.25) is 9.10 Å². The quantitative estimate of drug-likeness (QED) is 0.697. The van der Waals surface area contributed by atoms with Crippen LogP contribution in [0.1, 0.15) is 35.3 Å². The molecule has 1 amide bonds. The molecule has 0 aliphatic heterocycles. The number of nitrogens with zero attached hydrogens (tertiary/aromatic N) is 1. The minimum atomic E-state index is -3.70. The molecule has 29 heavy (non-hydrogen) atoms. The second-order valence-corrected chi connectivity index (χ2v) is 8.73. The van der Waals surface area contributed by atoms with Crippen molar-refractivity contribution in [2.24, 2.45) is 0 Å². The van der Waals surface area contributed by atoms with E-state index in [-0.39, 0.29) is 6.61 Å². The van der Waals surface area contributed by atoms with Crippen molar-refractivity contribution < 1.29 is 22.7 Å². The minimum absolute atomic E-state index is 0.272. The molecule has 0 bridgehead atoms. The summed E-state index contributed by atoms with van der Waals surface area (Å²) in [5.41, 5.74) is 3.05. The van der Waals surface area contributed by atoms with Gasteiger partial charge in [-0.05, 0) is 75.2 Å². The highest BCUT2D eigenvalue weighted by molar-refractivity contribution is 7.92. The van der Waals surface area contributed by atoms with Gasteiger partial charge in [0.25, 0.3) is 0 Å². The number of hydrogen-bond donors (Lipinski definition) is 1. The number of esters is 1. The number of carbonyl (C=O) groups is 2. The number of sulfonamides is 1. The van der Waals surface area contributed by atoms with Crippen molar-refractivity contribution in [3.8, 4) is 0 Å². The second-order valence-electron chi connectivity index (χ2n) is 6.87. The third-order valence-electron chi connectivity index (χ3n) is 4.21. The van der Waals surface area contributed by atoms with E-state index in [0.29, 0.717) is 16.9 Å². The number of amides is 1. The first-order valence-corrected chi connectivity index (χ1v) is 11.0. The summed E-state index contributed by atoms with van der Waals surface area (Å²) in [6, 6.07) is 10.6. The monoisotopic (exact) mass is 418 g/mol. The zero-order chi connectivity index (χ0) is 21.8. The molecule has 0 heterocycles. The Morgan fingerprint density at radius 3 is 2.10 bits per heavy atom. The molecule has 0 aromatic heterocycles. The van der Waals surface area contributed by atoms with Gasteiger partial charge in [0.1, 0.15) is 6.04 Å². The maximum absolute atomic E-state index is 12.8. The number of anilines is 2. The maximum Gasteiger partial charge on any atom is 0.338 e. The number of benzene rings is 2. The Hall–Kier alpha value is -2.87. The van der Waals surface area contributed by atoms with E-state index in [9.17, 15) is 18.0 Å². The number of hydrogen-bond acceptors (Lipinski definition) is 5. The third kappa shape index (κ3) is 5.80. The van der Waals surface area contributed by atoms with Gasteiger partial charge < -0.3 is 10.1 Å². The zero-order valence-electron chi connectivity index (χ0n) is 17.2. The number of carbonyl (C=O) groups excluding carboxylic acids is 2. The molecule has 1 atom stereocenters. The minimum Gasteiger partial charge on any atom is -0.462 e. The van der Waals surface area contributed by atoms with E-state index in [4.69, 9.17) is 4.74 Å². The first-order chi connectivity index (χ1) is 13.5. The van der Waals surface area contributed by atoms with Gasteiger partial charge in [0.2, 0.25) is 15.9 Å². The molecular weight excluding hydrogens is 392 g/mol. The predicted molar refractivity (Wildman–Crippen MR) is 114 cm³/mol. The Morgan fingerprint density at radius 1 is 1.07 bits per heavy atom. The van der Waals surface area contributed by atoms with Crippen LogP contribution in [0.2, 0.25) is 0 Å². The lowest BCUT2D eigenvalue weighted by Gasteiger charge is -2.28. The molecule has 2 aromatic rings. The zero-order valence-corrected chi connectivity index (χ0v) is 18.0. The molecule has 0 fully saturated rings. The lowest BCUT2D eigenvalue weighted by molar-refractivity contribution is -0.116. The lowest BCUT2D eigenvalue weighted by Crippen LogP contribution is -2.45. The summed E-state index contributed by atoms with van der Waals surface area (Å²) >= 11 is 0. The Labute approximate surface area is 171 Å². The normalized spacial score (nSPS) is 12.2. The van der Waals surface area contributed by atoms with E-state index in [1.807, 2.05) is 19.9 Å². The molecule has 2 rings (SSSR count). The van der Waals surface area contributed by atoms with E-state index in [1.165, 1.54) is 19.1 Å². The largest absolute Gasteiger partial charge is 0.462 e. The van der Waals surface area contributed by atoms with E-state index in [2.05, 4.69) is 5.32 Å². The summed E-state index contributed by atoms with van der Waals surface area (Å²) < 4.78 is 30.9. The molecule has 0 aliphatic carbocycles. The SMILES string of the molecule is CCOC(=O)c1ccc(NC(=O)[C@H](C)N(c2cc(C)cc(C)c2)S(C)(=O)=O)cc1. The van der Waals surface area contributed by atoms with Crippen molar-refractivity contribution in [1.29, 1.82) is 0 Å². The number of nitrogens with one attached hydrogen (secondary N) is 1. The number of ether oxygens (including phenoxy) is 1. The smallest absolute Gasteiger partial charge is 0.338 e. The van der Waals surface area contributed by atoms with Crippen molar-refractivity contribution in [3.63, 3.8) is 0 Å². The second kappa shape index (κ2) is 9.09. The van der Waals surface area contributed by atoms with Crippen LogP contribution >= 0.6 is 0 Å². The van der Waals surface area contributed by atoms with Crippen molar-refractivity contribution in [3.05, 3.63) is 59.2 Å². The molecule has 0 saturated heterocycles. The standard InChI is InChI=1S/C21H26N2O5S/c1-6-28-21(25)17-7-9-18(10-8-17)22-20(24)16(4)23(29(5,26)27)19-12-14(2)11-15(3)13-19/h7-13,16H,6H2,1-5H3,(H,22,24)/t16-/m0/s1. The first-order valence-electron chi connectivity index (χ1n) is 9.18. The topological polar surface area (TPSA) is 92.8 Å². The number of rotatable bonds is 7. The fourth-order valence-electron chi connectivity index (χ4n) is 3.04. The van der Waals surface area contributed by atoms with E-state index < -0.39 is 27.9 Å². The average molecular weight is 419 g/mol. The van der Waals surface area contributed by atoms with Crippen LogP contribution < -0.4 is 9.62 Å². The summed E-state index contributed by atoms with van der Waals surface area (Å²) in [6.45, 7) is 7.26. The van der Waals surface area contributed by atoms with Gasteiger partial charge in [-0.1, -0.05) is 6.07 Å². The average Bonchev–Trinajstić information content (AvgIpc) is 2.60. The van der Waals surface area contributed by atoms with Gasteiger partial charge in [-0.15, -0.1) is 0 Å². The van der Waals surface area contributed by atoms with Crippen LogP contribution in [-0.2, 0) is 19.6 Å². The van der Waals surface area contributed by atoms with Crippen LogP contribution in [0, 0.1) is 13.8 Å². The summed E-state index contributed by atoms with van der Waals surface area (Å²) in [5, 5.41) is 2.69. The summed E-state index contributed by atoms with van der Waals surface area (Å²) in [4.78, 5) is 24.5. The lowest BCUT2D eigenvalue weighted by atomic mass is 10.1. The highest BCUT2D eigenvalue weighted by atomic mass is 32.2. The van der Waals surface area contributed by atoms with E-state index in [1.54, 1.807) is 31.2 Å². The molecule has 0 unspecified atom stereocenters. The summed E-state index contributed by atoms with van der Waals surface area (Å²) in [7, 11) is -3.70. The van der Waals surface area contributed by atoms with Gasteiger partial charge in [0, 0.05) is 5.69 Å². The van der Waals surface area contributed by atoms with Crippen molar-refractivity contribution in [1.82, 2.24) is 0 Å². The molecule has 2 aromatic carbocycles. The van der Waals surface area contributed by atoms with Crippen LogP contribution in [0.3, 0.4) is 0 Å². The van der Waals surface area contributed by atoms with E-state index >= 15 is 0 Å². The summed E-state index contributed by atoms with van der Waals surface area (Å²) in [5.74, 6) is -0.935. The maximum atomic E-state index is 12.8. The molecule has 0 spiro atoms. The van der Waals surface area contributed by atoms with Crippen molar-refractivity contribution in [2.75, 3.05) is 22.5 Å². The molecule has 0 radical (unpaired) electrons. The van der Waals surface area contributed by atoms with Crippen LogP contribution in [-0.4, -0.2) is 39.2 Å². The first kappa shape index (κ1) is 22.4. The Kier molecular flexibility index (Phi) is 7.02. The van der Waals surface area contributed by atoms with Gasteiger partial charge in [0.15, 0.2) is 0 Å². The Bertz CT molecular complexity index is 980. The fourth-order valence-corrected chi connectivity index (χ4v) is 4.20. The van der Waals surface area contributed by atoms with Gasteiger partial charge in [-0.25, -0.2) is 13.2 Å². The van der Waals surface area contributed by atoms with Crippen molar-refractivity contribution >= 4 is 33.3 Å². The number of aryl methyl sites for hydroxylation is 2. The van der Waals surface area contributed by atoms with Crippen LogP contribution in [0.4, 0.5) is 11.4 Å². The fraction of sp³-hybridized carbons (Fsp3) is 0.333. The van der Waals surface area contributed by atoms with Crippen molar-refractivity contribution in [2.45, 2.75) is 33.7 Å². The third-order valence-corrected chi connectivity index (χ3v) is 5.45.